The van der Waals surface area contributed by atoms with Crippen molar-refractivity contribution in [2.75, 3.05) is 29.5 Å². The number of nitrogens with one attached hydrogen (secondary N) is 1. The van der Waals surface area contributed by atoms with E-state index >= 15 is 0 Å². The number of aromatic amines is 1. The van der Waals surface area contributed by atoms with Gasteiger partial charge in [0.1, 0.15) is 15.5 Å². The molecule has 3 aromatic rings. The molecule has 1 spiro atoms. The summed E-state index contributed by atoms with van der Waals surface area (Å²) in [5, 5.41) is 7.64. The summed E-state index contributed by atoms with van der Waals surface area (Å²) in [5.41, 5.74) is 6.64. The van der Waals surface area contributed by atoms with Gasteiger partial charge in [0.25, 0.3) is 0 Å². The average Bonchev–Trinajstić information content (AvgIpc) is 3.36. The Hall–Kier alpha value is -2.67. The van der Waals surface area contributed by atoms with Crippen molar-refractivity contribution in [3.8, 4) is 22.4 Å². The van der Waals surface area contributed by atoms with Crippen molar-refractivity contribution in [1.29, 1.82) is 0 Å². The number of pyridine rings is 1. The predicted molar refractivity (Wildman–Crippen MR) is 119 cm³/mol. The minimum atomic E-state index is -2.82. The van der Waals surface area contributed by atoms with Crippen LogP contribution in [0.25, 0.3) is 22.4 Å². The van der Waals surface area contributed by atoms with Crippen molar-refractivity contribution in [3.63, 3.8) is 0 Å². The number of aryl methyl sites for hydroxylation is 1. The maximum atomic E-state index is 11.8. The molecule has 4 heterocycles. The zero-order valence-electron chi connectivity index (χ0n) is 17.1. The summed E-state index contributed by atoms with van der Waals surface area (Å²) in [4.78, 5) is 6.51. The lowest BCUT2D eigenvalue weighted by molar-refractivity contribution is 0.292. The lowest BCUT2D eigenvalue weighted by atomic mass is 9.81. The first kappa shape index (κ1) is 19.3. The third kappa shape index (κ3) is 3.51. The van der Waals surface area contributed by atoms with Crippen molar-refractivity contribution < 1.29 is 8.42 Å². The summed E-state index contributed by atoms with van der Waals surface area (Å²) in [7, 11) is -2.82. The number of anilines is 1. The van der Waals surface area contributed by atoms with Crippen LogP contribution in [0.2, 0.25) is 0 Å². The summed E-state index contributed by atoms with van der Waals surface area (Å²) in [5.74, 6) is 0.689. The number of nitrogens with zero attached hydrogens (tertiary/aromatic N) is 3. The molecule has 2 aliphatic rings. The van der Waals surface area contributed by atoms with Gasteiger partial charge in [-0.3, -0.25) is 10.1 Å². The second-order valence-corrected chi connectivity index (χ2v) is 11.0. The Labute approximate surface area is 177 Å². The summed E-state index contributed by atoms with van der Waals surface area (Å²) >= 11 is 0. The molecule has 0 aliphatic carbocycles. The fourth-order valence-corrected chi connectivity index (χ4v) is 6.57. The number of sulfone groups is 1. The van der Waals surface area contributed by atoms with Crippen LogP contribution in [-0.2, 0) is 9.84 Å². The van der Waals surface area contributed by atoms with Crippen LogP contribution in [0, 0.1) is 12.3 Å². The highest BCUT2D eigenvalue weighted by Crippen LogP contribution is 2.43. The van der Waals surface area contributed by atoms with Crippen molar-refractivity contribution in [3.05, 3.63) is 54.5 Å². The van der Waals surface area contributed by atoms with Gasteiger partial charge in [-0.1, -0.05) is 12.1 Å². The second-order valence-electron chi connectivity index (χ2n) is 8.68. The highest BCUT2D eigenvalue weighted by molar-refractivity contribution is 7.91. The van der Waals surface area contributed by atoms with E-state index in [0.29, 0.717) is 11.5 Å². The van der Waals surface area contributed by atoms with Crippen LogP contribution >= 0.6 is 0 Å². The van der Waals surface area contributed by atoms with E-state index in [1.165, 1.54) is 5.69 Å². The Morgan fingerprint density at radius 1 is 0.967 bits per heavy atom. The SMILES string of the molecule is Cc1[nH]nc(-c2ccncc2)c1-c1ccc(N2CCC3(CCS(=O)(=O)CC3)C2)cc1. The van der Waals surface area contributed by atoms with Crippen LogP contribution in [0.5, 0.6) is 0 Å². The molecule has 1 aromatic carbocycles. The molecule has 156 valence electrons. The summed E-state index contributed by atoms with van der Waals surface area (Å²) < 4.78 is 23.6. The van der Waals surface area contributed by atoms with Crippen LogP contribution < -0.4 is 4.90 Å². The molecule has 0 unspecified atom stereocenters. The molecular formula is C23H26N4O2S. The average molecular weight is 423 g/mol. The van der Waals surface area contributed by atoms with Crippen molar-refractivity contribution in [2.45, 2.75) is 26.2 Å². The van der Waals surface area contributed by atoms with Crippen LogP contribution in [0.1, 0.15) is 25.0 Å². The molecule has 0 saturated carbocycles. The largest absolute Gasteiger partial charge is 0.371 e. The minimum Gasteiger partial charge on any atom is -0.371 e. The maximum absolute atomic E-state index is 11.8. The van der Waals surface area contributed by atoms with Gasteiger partial charge in [-0.2, -0.15) is 5.10 Å². The molecule has 30 heavy (non-hydrogen) atoms. The third-order valence-corrected chi connectivity index (χ3v) is 8.40. The molecule has 6 nitrogen and oxygen atoms in total. The smallest absolute Gasteiger partial charge is 0.150 e. The predicted octanol–water partition coefficient (Wildman–Crippen LogP) is 3.85. The lowest BCUT2D eigenvalue weighted by Crippen LogP contribution is -2.36. The number of aromatic nitrogens is 3. The molecule has 0 atom stereocenters. The van der Waals surface area contributed by atoms with Gasteiger partial charge in [0.05, 0.1) is 11.5 Å². The second kappa shape index (κ2) is 7.23. The number of rotatable bonds is 3. The maximum Gasteiger partial charge on any atom is 0.150 e. The Morgan fingerprint density at radius 2 is 1.67 bits per heavy atom. The molecule has 5 rings (SSSR count). The van der Waals surface area contributed by atoms with Gasteiger partial charge in [0.15, 0.2) is 0 Å². The van der Waals surface area contributed by atoms with Gasteiger partial charge >= 0.3 is 0 Å². The fraction of sp³-hybridized carbons (Fsp3) is 0.391. The molecule has 0 bridgehead atoms. The fourth-order valence-electron chi connectivity index (χ4n) is 4.87. The van der Waals surface area contributed by atoms with Crippen LogP contribution in [0.4, 0.5) is 5.69 Å². The highest BCUT2D eigenvalue weighted by Gasteiger charge is 2.42. The highest BCUT2D eigenvalue weighted by atomic mass is 32.2. The van der Waals surface area contributed by atoms with Gasteiger partial charge in [-0.05, 0) is 61.4 Å². The first-order valence-corrected chi connectivity index (χ1v) is 12.3. The van der Waals surface area contributed by atoms with Crippen LogP contribution in [0.15, 0.2) is 48.8 Å². The van der Waals surface area contributed by atoms with Gasteiger partial charge in [0.2, 0.25) is 0 Å². The number of hydrogen-bond acceptors (Lipinski definition) is 5. The van der Waals surface area contributed by atoms with Crippen molar-refractivity contribution in [1.82, 2.24) is 15.2 Å². The van der Waals surface area contributed by atoms with E-state index in [4.69, 9.17) is 0 Å². The molecule has 0 amide bonds. The normalized spacial score (nSPS) is 20.0. The van der Waals surface area contributed by atoms with Crippen molar-refractivity contribution in [2.24, 2.45) is 5.41 Å². The first-order valence-electron chi connectivity index (χ1n) is 10.5. The van der Waals surface area contributed by atoms with Gasteiger partial charge in [-0.25, -0.2) is 8.42 Å². The van der Waals surface area contributed by atoms with Gasteiger partial charge < -0.3 is 4.90 Å². The first-order chi connectivity index (χ1) is 14.4. The third-order valence-electron chi connectivity index (χ3n) is 6.75. The van der Waals surface area contributed by atoms with E-state index in [1.807, 2.05) is 19.1 Å². The number of hydrogen-bond donors (Lipinski definition) is 1. The van der Waals surface area contributed by atoms with E-state index in [2.05, 4.69) is 44.3 Å². The Bertz CT molecular complexity index is 1140. The topological polar surface area (TPSA) is 79.0 Å². The molecule has 7 heteroatoms. The molecule has 0 radical (unpaired) electrons. The van der Waals surface area contributed by atoms with E-state index in [-0.39, 0.29) is 5.41 Å². The quantitative estimate of drug-likeness (QED) is 0.694. The van der Waals surface area contributed by atoms with Crippen molar-refractivity contribution >= 4 is 15.5 Å². The summed E-state index contributed by atoms with van der Waals surface area (Å²) in [6.45, 7) is 3.99. The van der Waals surface area contributed by atoms with E-state index < -0.39 is 9.84 Å². The van der Waals surface area contributed by atoms with Crippen LogP contribution in [0.3, 0.4) is 0 Å². The molecule has 1 N–H and O–H groups in total. The molecule has 2 fully saturated rings. The monoisotopic (exact) mass is 422 g/mol. The van der Waals surface area contributed by atoms with E-state index in [1.54, 1.807) is 12.4 Å². The van der Waals surface area contributed by atoms with Gasteiger partial charge in [-0.15, -0.1) is 0 Å². The summed E-state index contributed by atoms with van der Waals surface area (Å²) in [6.07, 6.45) is 6.25. The summed E-state index contributed by atoms with van der Waals surface area (Å²) in [6, 6.07) is 12.6. The Kier molecular flexibility index (Phi) is 4.65. The zero-order chi connectivity index (χ0) is 20.8. The minimum absolute atomic E-state index is 0.166. The van der Waals surface area contributed by atoms with Gasteiger partial charge in [0, 0.05) is 48.0 Å². The Balaban J connectivity index is 1.37. The number of benzene rings is 1. The zero-order valence-corrected chi connectivity index (χ0v) is 18.0. The van der Waals surface area contributed by atoms with Crippen LogP contribution in [-0.4, -0.2) is 48.2 Å². The molecular weight excluding hydrogens is 396 g/mol. The van der Waals surface area contributed by atoms with E-state index in [9.17, 15) is 8.42 Å². The lowest BCUT2D eigenvalue weighted by Gasteiger charge is -2.33. The molecule has 2 aliphatic heterocycles. The van der Waals surface area contributed by atoms with E-state index in [0.717, 1.165) is 60.4 Å². The standard InChI is InChI=1S/C23H26N4O2S/c1-17-21(22(26-25-17)19-6-11-24-12-7-19)18-2-4-20(5-3-18)27-13-8-23(16-27)9-14-30(28,29)15-10-23/h2-7,11-12H,8-10,13-16H2,1H3,(H,25,26). The Morgan fingerprint density at radius 3 is 2.37 bits per heavy atom. The molecule has 2 saturated heterocycles. The molecule has 2 aromatic heterocycles. The number of H-pyrrole nitrogens is 1.